The molecule has 2 aliphatic carbocycles. The number of amides is 2. The first-order valence-electron chi connectivity index (χ1n) is 8.90. The van der Waals surface area contributed by atoms with Gasteiger partial charge in [-0.15, -0.1) is 0 Å². The lowest BCUT2D eigenvalue weighted by molar-refractivity contribution is -0.121. The molecular formula is C20H23N3O2. The molecule has 2 aliphatic rings. The van der Waals surface area contributed by atoms with Crippen LogP contribution < -0.4 is 10.6 Å². The highest BCUT2D eigenvalue weighted by atomic mass is 16.2. The second kappa shape index (κ2) is 6.39. The zero-order valence-corrected chi connectivity index (χ0v) is 14.4. The van der Waals surface area contributed by atoms with E-state index >= 15 is 0 Å². The van der Waals surface area contributed by atoms with Gasteiger partial charge >= 0.3 is 0 Å². The van der Waals surface area contributed by atoms with Crippen molar-refractivity contribution in [2.24, 2.45) is 17.8 Å². The molecule has 2 bridgehead atoms. The third-order valence-corrected chi connectivity index (χ3v) is 5.42. The van der Waals surface area contributed by atoms with Crippen molar-refractivity contribution in [1.82, 2.24) is 9.88 Å². The van der Waals surface area contributed by atoms with Crippen LogP contribution >= 0.6 is 0 Å². The molecule has 130 valence electrons. The van der Waals surface area contributed by atoms with Crippen LogP contribution in [0.25, 0.3) is 10.9 Å². The number of aromatic nitrogens is 1. The smallest absolute Gasteiger partial charge is 0.239 e. The molecule has 1 aromatic carbocycles. The van der Waals surface area contributed by atoms with E-state index in [4.69, 9.17) is 0 Å². The molecule has 0 aliphatic heterocycles. The maximum Gasteiger partial charge on any atom is 0.239 e. The van der Waals surface area contributed by atoms with Crippen LogP contribution in [0, 0.1) is 17.8 Å². The lowest BCUT2D eigenvalue weighted by atomic mass is 9.94. The van der Waals surface area contributed by atoms with Crippen molar-refractivity contribution in [2.75, 3.05) is 11.9 Å². The molecule has 0 radical (unpaired) electrons. The summed E-state index contributed by atoms with van der Waals surface area (Å²) in [5.41, 5.74) is 1.72. The van der Waals surface area contributed by atoms with Crippen LogP contribution in [0.3, 0.4) is 0 Å². The topological polar surface area (TPSA) is 63.1 Å². The monoisotopic (exact) mass is 337 g/mol. The first kappa shape index (κ1) is 15.9. The van der Waals surface area contributed by atoms with Crippen LogP contribution in [0.1, 0.15) is 19.8 Å². The molecule has 5 nitrogen and oxygen atoms in total. The van der Waals surface area contributed by atoms with Crippen molar-refractivity contribution < 1.29 is 9.59 Å². The summed E-state index contributed by atoms with van der Waals surface area (Å²) in [7, 11) is 0. The van der Waals surface area contributed by atoms with Crippen LogP contribution in [0.15, 0.2) is 42.6 Å². The van der Waals surface area contributed by atoms with Gasteiger partial charge in [0.25, 0.3) is 0 Å². The van der Waals surface area contributed by atoms with Gasteiger partial charge < -0.3 is 15.2 Å². The average Bonchev–Trinajstić information content (AvgIpc) is 3.29. The summed E-state index contributed by atoms with van der Waals surface area (Å²) in [6.07, 6.45) is 8.99. The Morgan fingerprint density at radius 3 is 2.80 bits per heavy atom. The molecule has 4 rings (SSSR count). The molecule has 2 aromatic rings. The Bertz CT molecular complexity index is 852. The molecule has 1 heterocycles. The molecule has 0 spiro atoms. The molecule has 1 saturated carbocycles. The molecular weight excluding hydrogens is 314 g/mol. The summed E-state index contributed by atoms with van der Waals surface area (Å²) in [5.74, 6) is 1.91. The number of fused-ring (bicyclic) bond motifs is 3. The number of carbonyl (C=O) groups is 2. The minimum atomic E-state index is -0.0992. The first-order valence-corrected chi connectivity index (χ1v) is 8.90. The minimum Gasteiger partial charge on any atom is -0.354 e. The Morgan fingerprint density at radius 2 is 2.08 bits per heavy atom. The van der Waals surface area contributed by atoms with Gasteiger partial charge in [-0.05, 0) is 48.8 Å². The fourth-order valence-electron chi connectivity index (χ4n) is 4.24. The minimum absolute atomic E-state index is 0.0363. The molecule has 1 aromatic heterocycles. The quantitative estimate of drug-likeness (QED) is 0.824. The number of rotatable bonds is 5. The summed E-state index contributed by atoms with van der Waals surface area (Å²) in [4.78, 5) is 23.7. The van der Waals surface area contributed by atoms with E-state index in [0.717, 1.165) is 29.1 Å². The predicted octanol–water partition coefficient (Wildman–Crippen LogP) is 2.93. The number of carbonyl (C=O) groups excluding carboxylic acids is 2. The number of anilines is 1. The molecule has 2 N–H and O–H groups in total. The summed E-state index contributed by atoms with van der Waals surface area (Å²) in [6, 6.07) is 7.67. The number of benzene rings is 1. The van der Waals surface area contributed by atoms with Gasteiger partial charge in [0.05, 0.1) is 11.2 Å². The zero-order valence-electron chi connectivity index (χ0n) is 14.4. The van der Waals surface area contributed by atoms with E-state index in [2.05, 4.69) is 22.8 Å². The van der Waals surface area contributed by atoms with Crippen LogP contribution in [0.5, 0.6) is 0 Å². The van der Waals surface area contributed by atoms with Gasteiger partial charge in [0.15, 0.2) is 0 Å². The Morgan fingerprint density at radius 1 is 1.20 bits per heavy atom. The Balaban J connectivity index is 1.41. The normalized spacial score (nSPS) is 24.0. The molecule has 0 saturated heterocycles. The number of nitrogens with zero attached hydrogens (tertiary/aromatic N) is 1. The van der Waals surface area contributed by atoms with Crippen LogP contribution in [0.4, 0.5) is 5.69 Å². The number of nitrogens with one attached hydrogen (secondary N) is 2. The lowest BCUT2D eigenvalue weighted by Gasteiger charge is -2.18. The van der Waals surface area contributed by atoms with Gasteiger partial charge in [-0.1, -0.05) is 18.2 Å². The van der Waals surface area contributed by atoms with Crippen molar-refractivity contribution in [3.05, 3.63) is 42.6 Å². The predicted molar refractivity (Wildman–Crippen MR) is 98.1 cm³/mol. The summed E-state index contributed by atoms with van der Waals surface area (Å²) in [5, 5.41) is 6.88. The van der Waals surface area contributed by atoms with E-state index in [1.165, 1.54) is 19.8 Å². The Labute approximate surface area is 147 Å². The Hall–Kier alpha value is -2.56. The van der Waals surface area contributed by atoms with Crippen LogP contribution in [-0.2, 0) is 16.1 Å². The van der Waals surface area contributed by atoms with Crippen molar-refractivity contribution >= 4 is 28.4 Å². The van der Waals surface area contributed by atoms with Crippen LogP contribution in [-0.4, -0.2) is 22.9 Å². The SMILES string of the molecule is CC(=O)Nc1cccc2c1ccn2CC(=O)NCC1CC2C=CC1C2. The van der Waals surface area contributed by atoms with Crippen LogP contribution in [0.2, 0.25) is 0 Å². The summed E-state index contributed by atoms with van der Waals surface area (Å²) >= 11 is 0. The molecule has 5 heteroatoms. The van der Waals surface area contributed by atoms with Gasteiger partial charge in [-0.25, -0.2) is 0 Å². The van der Waals surface area contributed by atoms with Crippen molar-refractivity contribution in [3.8, 4) is 0 Å². The fourth-order valence-corrected chi connectivity index (χ4v) is 4.24. The van der Waals surface area contributed by atoms with Gasteiger partial charge in [0, 0.05) is 25.1 Å². The van der Waals surface area contributed by atoms with Crippen molar-refractivity contribution in [2.45, 2.75) is 26.3 Å². The van der Waals surface area contributed by atoms with Gasteiger partial charge in [0.1, 0.15) is 6.54 Å². The third kappa shape index (κ3) is 3.18. The van der Waals surface area contributed by atoms with Gasteiger partial charge in [0.2, 0.25) is 11.8 Å². The van der Waals surface area contributed by atoms with Gasteiger partial charge in [-0.3, -0.25) is 9.59 Å². The van der Waals surface area contributed by atoms with E-state index < -0.39 is 0 Å². The molecule has 1 fully saturated rings. The highest BCUT2D eigenvalue weighted by molar-refractivity contribution is 6.01. The molecule has 2 amide bonds. The maximum absolute atomic E-state index is 12.4. The first-order chi connectivity index (χ1) is 12.1. The van der Waals surface area contributed by atoms with Crippen molar-refractivity contribution in [3.63, 3.8) is 0 Å². The molecule has 25 heavy (non-hydrogen) atoms. The average molecular weight is 337 g/mol. The lowest BCUT2D eigenvalue weighted by Crippen LogP contribution is -2.33. The number of hydrogen-bond donors (Lipinski definition) is 2. The maximum atomic E-state index is 12.4. The van der Waals surface area contributed by atoms with E-state index in [1.54, 1.807) is 0 Å². The summed E-state index contributed by atoms with van der Waals surface area (Å²) < 4.78 is 1.93. The molecule has 3 atom stereocenters. The third-order valence-electron chi connectivity index (χ3n) is 5.42. The second-order valence-electron chi connectivity index (χ2n) is 7.21. The molecule has 3 unspecified atom stereocenters. The zero-order chi connectivity index (χ0) is 17.4. The largest absolute Gasteiger partial charge is 0.354 e. The summed E-state index contributed by atoms with van der Waals surface area (Å²) in [6.45, 7) is 2.55. The van der Waals surface area contributed by atoms with E-state index in [0.29, 0.717) is 18.4 Å². The van der Waals surface area contributed by atoms with Crippen molar-refractivity contribution in [1.29, 1.82) is 0 Å². The van der Waals surface area contributed by atoms with E-state index in [-0.39, 0.29) is 11.8 Å². The highest BCUT2D eigenvalue weighted by Gasteiger charge is 2.35. The Kier molecular flexibility index (Phi) is 4.07. The highest BCUT2D eigenvalue weighted by Crippen LogP contribution is 2.42. The van der Waals surface area contributed by atoms with Gasteiger partial charge in [-0.2, -0.15) is 0 Å². The number of hydrogen-bond acceptors (Lipinski definition) is 2. The fraction of sp³-hybridized carbons (Fsp3) is 0.400. The number of allylic oxidation sites excluding steroid dienone is 2. The second-order valence-corrected chi connectivity index (χ2v) is 7.21. The van der Waals surface area contributed by atoms with E-state index in [1.807, 2.05) is 35.0 Å². The van der Waals surface area contributed by atoms with E-state index in [9.17, 15) is 9.59 Å². The standard InChI is InChI=1S/C20H23N3O2/c1-13(24)22-18-3-2-4-19-17(18)7-8-23(19)12-20(25)21-11-16-10-14-5-6-15(16)9-14/h2-8,14-16H,9-12H2,1H3,(H,21,25)(H,22,24).